The van der Waals surface area contributed by atoms with E-state index < -0.39 is 33.7 Å². The molecule has 0 radical (unpaired) electrons. The highest BCUT2D eigenvalue weighted by atomic mass is 32.2. The van der Waals surface area contributed by atoms with Gasteiger partial charge in [-0.3, -0.25) is 9.59 Å². The molecule has 1 aliphatic heterocycles. The average molecular weight is 307 g/mol. The molecule has 0 bridgehead atoms. The summed E-state index contributed by atoms with van der Waals surface area (Å²) in [6.07, 6.45) is -0.243. The van der Waals surface area contributed by atoms with Crippen molar-refractivity contribution >= 4 is 27.7 Å². The van der Waals surface area contributed by atoms with Crippen LogP contribution in [0.25, 0.3) is 0 Å². The van der Waals surface area contributed by atoms with Gasteiger partial charge in [-0.1, -0.05) is 0 Å². The maximum atomic E-state index is 11.7. The summed E-state index contributed by atoms with van der Waals surface area (Å²) in [6, 6.07) is -1.27. The molecule has 3 N–H and O–H groups in total. The van der Waals surface area contributed by atoms with E-state index in [1.165, 1.54) is 0 Å². The molecule has 0 aliphatic carbocycles. The first kappa shape index (κ1) is 16.4. The molecule has 0 aromatic heterocycles. The van der Waals surface area contributed by atoms with Gasteiger partial charge in [0.05, 0.1) is 11.5 Å². The van der Waals surface area contributed by atoms with Crippen LogP contribution in [0.5, 0.6) is 0 Å². The van der Waals surface area contributed by atoms with E-state index in [9.17, 15) is 22.8 Å². The molecule has 1 fully saturated rings. The van der Waals surface area contributed by atoms with E-state index in [0.29, 0.717) is 6.42 Å². The van der Waals surface area contributed by atoms with Crippen LogP contribution in [-0.4, -0.2) is 54.0 Å². The second kappa shape index (κ2) is 6.69. The Bertz CT molecular complexity index is 499. The number of carbonyl (C=O) groups excluding carboxylic acids is 1. The lowest BCUT2D eigenvalue weighted by molar-refractivity contribution is -0.143. The van der Waals surface area contributed by atoms with E-state index in [-0.39, 0.29) is 36.7 Å². The van der Waals surface area contributed by atoms with Gasteiger partial charge in [-0.25, -0.2) is 13.2 Å². The summed E-state index contributed by atoms with van der Waals surface area (Å²) in [4.78, 5) is 32.9. The van der Waals surface area contributed by atoms with Gasteiger partial charge in [0, 0.05) is 12.8 Å². The molecule has 1 heterocycles. The average Bonchev–Trinajstić information content (AvgIpc) is 2.63. The van der Waals surface area contributed by atoms with Crippen LogP contribution in [0.2, 0.25) is 0 Å². The third-order valence-electron chi connectivity index (χ3n) is 3.08. The van der Waals surface area contributed by atoms with Crippen molar-refractivity contribution in [2.24, 2.45) is 5.92 Å². The zero-order chi connectivity index (χ0) is 15.3. The van der Waals surface area contributed by atoms with Crippen LogP contribution >= 0.6 is 0 Å². The van der Waals surface area contributed by atoms with Crippen LogP contribution < -0.4 is 5.32 Å². The summed E-state index contributed by atoms with van der Waals surface area (Å²) < 4.78 is 22.5. The molecule has 1 amide bonds. The smallest absolute Gasteiger partial charge is 0.326 e. The third kappa shape index (κ3) is 5.55. The molecular formula is C11H17NO7S. The molecule has 2 atom stereocenters. The van der Waals surface area contributed by atoms with E-state index in [4.69, 9.17) is 10.2 Å². The summed E-state index contributed by atoms with van der Waals surface area (Å²) in [7, 11) is -3.08. The molecule has 2 unspecified atom stereocenters. The van der Waals surface area contributed by atoms with E-state index in [1.54, 1.807) is 0 Å². The monoisotopic (exact) mass is 307 g/mol. The zero-order valence-electron chi connectivity index (χ0n) is 10.7. The molecule has 1 saturated heterocycles. The Morgan fingerprint density at radius 1 is 1.25 bits per heavy atom. The minimum Gasteiger partial charge on any atom is -0.481 e. The van der Waals surface area contributed by atoms with Crippen LogP contribution in [0.15, 0.2) is 0 Å². The minimum atomic E-state index is -3.08. The molecule has 114 valence electrons. The lowest BCUT2D eigenvalue weighted by Crippen LogP contribution is -2.41. The Morgan fingerprint density at radius 2 is 1.90 bits per heavy atom. The van der Waals surface area contributed by atoms with Crippen molar-refractivity contribution in [2.75, 3.05) is 11.5 Å². The summed E-state index contributed by atoms with van der Waals surface area (Å²) in [5.41, 5.74) is 0. The number of nitrogens with one attached hydrogen (secondary N) is 1. The maximum absolute atomic E-state index is 11.7. The summed E-state index contributed by atoms with van der Waals surface area (Å²) in [5.74, 6) is -3.33. The molecule has 0 saturated carbocycles. The standard InChI is InChI=1S/C11H17NO7S/c13-9(5-7-3-4-20(18,19)6-7)12-8(11(16)17)1-2-10(14)15/h7-8H,1-6H2,(H,12,13)(H,14,15)(H,16,17). The molecular weight excluding hydrogens is 290 g/mol. The number of rotatable bonds is 7. The van der Waals surface area contributed by atoms with Gasteiger partial charge in [0.15, 0.2) is 9.84 Å². The summed E-state index contributed by atoms with van der Waals surface area (Å²) in [6.45, 7) is 0. The van der Waals surface area contributed by atoms with Crippen LogP contribution in [0.3, 0.4) is 0 Å². The van der Waals surface area contributed by atoms with Gasteiger partial charge < -0.3 is 15.5 Å². The molecule has 0 aromatic carbocycles. The fourth-order valence-corrected chi connectivity index (χ4v) is 3.94. The lowest BCUT2D eigenvalue weighted by Gasteiger charge is -2.15. The van der Waals surface area contributed by atoms with E-state index in [1.807, 2.05) is 0 Å². The number of carboxylic acids is 2. The van der Waals surface area contributed by atoms with Gasteiger partial charge in [0.25, 0.3) is 0 Å². The number of carboxylic acid groups (broad SMARTS) is 2. The van der Waals surface area contributed by atoms with Gasteiger partial charge in [0.1, 0.15) is 6.04 Å². The van der Waals surface area contributed by atoms with Crippen LogP contribution in [-0.2, 0) is 24.2 Å². The Morgan fingerprint density at radius 3 is 2.35 bits per heavy atom. The molecule has 1 aliphatic rings. The minimum absolute atomic E-state index is 0.0479. The molecule has 20 heavy (non-hydrogen) atoms. The Balaban J connectivity index is 2.46. The van der Waals surface area contributed by atoms with Crippen molar-refractivity contribution in [1.29, 1.82) is 0 Å². The van der Waals surface area contributed by atoms with E-state index >= 15 is 0 Å². The van der Waals surface area contributed by atoms with E-state index in [0.717, 1.165) is 0 Å². The lowest BCUT2D eigenvalue weighted by atomic mass is 10.0. The predicted molar refractivity (Wildman–Crippen MR) is 67.8 cm³/mol. The fourth-order valence-electron chi connectivity index (χ4n) is 2.07. The van der Waals surface area contributed by atoms with Crippen LogP contribution in [0.1, 0.15) is 25.7 Å². The Hall–Kier alpha value is -1.64. The number of carbonyl (C=O) groups is 3. The number of amides is 1. The van der Waals surface area contributed by atoms with Gasteiger partial charge in [-0.15, -0.1) is 0 Å². The maximum Gasteiger partial charge on any atom is 0.326 e. The van der Waals surface area contributed by atoms with Crippen molar-refractivity contribution in [3.8, 4) is 0 Å². The largest absolute Gasteiger partial charge is 0.481 e. The Kier molecular flexibility index (Phi) is 5.49. The first-order valence-corrected chi connectivity index (χ1v) is 7.96. The molecule has 0 spiro atoms. The number of hydrogen-bond donors (Lipinski definition) is 3. The highest BCUT2D eigenvalue weighted by Crippen LogP contribution is 2.21. The van der Waals surface area contributed by atoms with Crippen LogP contribution in [0.4, 0.5) is 0 Å². The van der Waals surface area contributed by atoms with Gasteiger partial charge in [-0.05, 0) is 18.8 Å². The number of aliphatic carboxylic acids is 2. The second-order valence-electron chi connectivity index (χ2n) is 4.86. The van der Waals surface area contributed by atoms with Gasteiger partial charge >= 0.3 is 11.9 Å². The molecule has 0 aromatic rings. The molecule has 1 rings (SSSR count). The highest BCUT2D eigenvalue weighted by Gasteiger charge is 2.30. The quantitative estimate of drug-likeness (QED) is 0.562. The molecule has 9 heteroatoms. The summed E-state index contributed by atoms with van der Waals surface area (Å²) >= 11 is 0. The Labute approximate surface area is 116 Å². The third-order valence-corrected chi connectivity index (χ3v) is 4.92. The fraction of sp³-hybridized carbons (Fsp3) is 0.727. The SMILES string of the molecule is O=C(O)CCC(NC(=O)CC1CCS(=O)(=O)C1)C(=O)O. The van der Waals surface area contributed by atoms with Crippen molar-refractivity contribution in [3.63, 3.8) is 0 Å². The van der Waals surface area contributed by atoms with Crippen molar-refractivity contribution in [1.82, 2.24) is 5.32 Å². The van der Waals surface area contributed by atoms with Crippen LogP contribution in [0, 0.1) is 5.92 Å². The van der Waals surface area contributed by atoms with Crippen molar-refractivity contribution in [2.45, 2.75) is 31.7 Å². The second-order valence-corrected chi connectivity index (χ2v) is 7.09. The zero-order valence-corrected chi connectivity index (χ0v) is 11.6. The molecule has 8 nitrogen and oxygen atoms in total. The van der Waals surface area contributed by atoms with Gasteiger partial charge in [-0.2, -0.15) is 0 Å². The highest BCUT2D eigenvalue weighted by molar-refractivity contribution is 7.91. The topological polar surface area (TPSA) is 138 Å². The number of sulfone groups is 1. The first-order valence-electron chi connectivity index (χ1n) is 6.14. The number of hydrogen-bond acceptors (Lipinski definition) is 5. The van der Waals surface area contributed by atoms with Gasteiger partial charge in [0.2, 0.25) is 5.91 Å². The van der Waals surface area contributed by atoms with Crippen molar-refractivity contribution in [3.05, 3.63) is 0 Å². The van der Waals surface area contributed by atoms with Crippen molar-refractivity contribution < 1.29 is 33.0 Å². The predicted octanol–water partition coefficient (Wildman–Crippen LogP) is -0.755. The van der Waals surface area contributed by atoms with E-state index in [2.05, 4.69) is 5.32 Å². The first-order chi connectivity index (χ1) is 9.19. The normalized spacial score (nSPS) is 22.1. The summed E-state index contributed by atoms with van der Waals surface area (Å²) in [5, 5.41) is 19.6.